The smallest absolute Gasteiger partial charge is 0.115 e. The average Bonchev–Trinajstić information content (AvgIpc) is 3.00. The fourth-order valence-electron chi connectivity index (χ4n) is 2.74. The van der Waals surface area contributed by atoms with Gasteiger partial charge in [-0.15, -0.1) is 0 Å². The first-order valence-electron chi connectivity index (χ1n) is 5.64. The van der Waals surface area contributed by atoms with Crippen LogP contribution in [0.5, 0.6) is 5.75 Å². The summed E-state index contributed by atoms with van der Waals surface area (Å²) in [5.74, 6) is 2.39. The number of benzene rings is 1. The van der Waals surface area contributed by atoms with Crippen molar-refractivity contribution in [1.29, 1.82) is 0 Å². The lowest BCUT2D eigenvalue weighted by Gasteiger charge is -2.24. The maximum atomic E-state index is 9.38. The number of aromatic hydroxyl groups is 1. The predicted molar refractivity (Wildman–Crippen MR) is 56.3 cm³/mol. The maximum absolute atomic E-state index is 9.38. The molecule has 1 aromatic rings. The second kappa shape index (κ2) is 3.01. The molecule has 0 radical (unpaired) electrons. The Morgan fingerprint density at radius 1 is 1.00 bits per heavy atom. The Morgan fingerprint density at radius 2 is 1.86 bits per heavy atom. The van der Waals surface area contributed by atoms with Gasteiger partial charge in [0.1, 0.15) is 5.75 Å². The molecule has 0 unspecified atom stereocenters. The molecule has 1 heteroatoms. The molecule has 0 aromatic heterocycles. The zero-order chi connectivity index (χ0) is 9.54. The zero-order valence-electron chi connectivity index (χ0n) is 8.37. The van der Waals surface area contributed by atoms with E-state index in [9.17, 15) is 5.11 Å². The van der Waals surface area contributed by atoms with Crippen molar-refractivity contribution in [3.8, 4) is 5.75 Å². The van der Waals surface area contributed by atoms with Crippen LogP contribution < -0.4 is 0 Å². The summed E-state index contributed by atoms with van der Waals surface area (Å²) in [6.45, 7) is 0. The number of phenolic OH excluding ortho intramolecular Hbond substituents is 1. The van der Waals surface area contributed by atoms with Gasteiger partial charge in [-0.3, -0.25) is 0 Å². The third-order valence-corrected chi connectivity index (χ3v) is 3.75. The third-order valence-electron chi connectivity index (χ3n) is 3.75. The Kier molecular flexibility index (Phi) is 1.79. The lowest BCUT2D eigenvalue weighted by atomic mass is 9.81. The average molecular weight is 188 g/mol. The molecule has 1 atom stereocenters. The maximum Gasteiger partial charge on any atom is 0.115 e. The van der Waals surface area contributed by atoms with E-state index < -0.39 is 0 Å². The molecule has 0 amide bonds. The van der Waals surface area contributed by atoms with E-state index in [-0.39, 0.29) is 0 Å². The molecule has 0 saturated heterocycles. The molecule has 2 aliphatic carbocycles. The molecular weight excluding hydrogens is 172 g/mol. The van der Waals surface area contributed by atoms with Crippen molar-refractivity contribution in [3.63, 3.8) is 0 Å². The highest BCUT2D eigenvalue weighted by molar-refractivity contribution is 5.36. The number of aryl methyl sites for hydroxylation is 1. The summed E-state index contributed by atoms with van der Waals surface area (Å²) < 4.78 is 0. The van der Waals surface area contributed by atoms with E-state index >= 15 is 0 Å². The topological polar surface area (TPSA) is 20.2 Å². The van der Waals surface area contributed by atoms with Crippen molar-refractivity contribution in [1.82, 2.24) is 0 Å². The lowest BCUT2D eigenvalue weighted by molar-refractivity contribution is 0.404. The van der Waals surface area contributed by atoms with E-state index in [0.29, 0.717) is 5.75 Å². The molecule has 2 aliphatic rings. The summed E-state index contributed by atoms with van der Waals surface area (Å²) >= 11 is 0. The summed E-state index contributed by atoms with van der Waals surface area (Å²) in [6, 6.07) is 5.88. The Labute approximate surface area is 84.8 Å². The molecule has 1 N–H and O–H groups in total. The van der Waals surface area contributed by atoms with Crippen molar-refractivity contribution in [2.45, 2.75) is 32.1 Å². The first-order valence-corrected chi connectivity index (χ1v) is 5.64. The number of rotatable bonds is 1. The van der Waals surface area contributed by atoms with Crippen LogP contribution in [0.4, 0.5) is 0 Å². The Hall–Kier alpha value is -0.980. The van der Waals surface area contributed by atoms with E-state index in [0.717, 1.165) is 11.8 Å². The van der Waals surface area contributed by atoms with Crippen LogP contribution in [-0.4, -0.2) is 5.11 Å². The normalized spacial score (nSPS) is 25.9. The van der Waals surface area contributed by atoms with Crippen molar-refractivity contribution in [2.24, 2.45) is 11.8 Å². The van der Waals surface area contributed by atoms with Gasteiger partial charge in [0.05, 0.1) is 0 Å². The van der Waals surface area contributed by atoms with Crippen LogP contribution in [0.25, 0.3) is 0 Å². The molecule has 1 fully saturated rings. The minimum Gasteiger partial charge on any atom is -0.508 e. The highest BCUT2D eigenvalue weighted by atomic mass is 16.3. The summed E-state index contributed by atoms with van der Waals surface area (Å²) in [5, 5.41) is 9.38. The highest BCUT2D eigenvalue weighted by Gasteiger charge is 2.33. The van der Waals surface area contributed by atoms with Gasteiger partial charge in [0.2, 0.25) is 0 Å². The standard InChI is InChI=1S/C13H16O/c14-13-6-5-11-7-10(9-1-2-9)3-4-12(11)8-13/h5-6,8-10,14H,1-4,7H2/t10-/m0/s1. The van der Waals surface area contributed by atoms with E-state index in [1.807, 2.05) is 12.1 Å². The Morgan fingerprint density at radius 3 is 2.64 bits per heavy atom. The van der Waals surface area contributed by atoms with Crippen molar-refractivity contribution < 1.29 is 5.11 Å². The number of hydrogen-bond donors (Lipinski definition) is 1. The van der Waals surface area contributed by atoms with E-state index in [2.05, 4.69) is 6.07 Å². The number of hydrogen-bond acceptors (Lipinski definition) is 1. The zero-order valence-corrected chi connectivity index (χ0v) is 8.37. The number of fused-ring (bicyclic) bond motifs is 1. The summed E-state index contributed by atoms with van der Waals surface area (Å²) in [5.41, 5.74) is 2.85. The first kappa shape index (κ1) is 8.34. The van der Waals surface area contributed by atoms with Crippen molar-refractivity contribution >= 4 is 0 Å². The van der Waals surface area contributed by atoms with Gasteiger partial charge in [0.25, 0.3) is 0 Å². The Bertz CT molecular complexity index is 352. The van der Waals surface area contributed by atoms with Crippen LogP contribution in [0.3, 0.4) is 0 Å². The van der Waals surface area contributed by atoms with Crippen molar-refractivity contribution in [2.75, 3.05) is 0 Å². The summed E-state index contributed by atoms with van der Waals surface area (Å²) in [6.07, 6.45) is 6.67. The molecule has 1 saturated carbocycles. The van der Waals surface area contributed by atoms with Crippen molar-refractivity contribution in [3.05, 3.63) is 29.3 Å². The second-order valence-corrected chi connectivity index (χ2v) is 4.79. The fraction of sp³-hybridized carbons (Fsp3) is 0.538. The van der Waals surface area contributed by atoms with Gasteiger partial charge in [0, 0.05) is 0 Å². The summed E-state index contributed by atoms with van der Waals surface area (Å²) in [4.78, 5) is 0. The van der Waals surface area contributed by atoms with Crippen LogP contribution in [0, 0.1) is 11.8 Å². The molecule has 0 bridgehead atoms. The highest BCUT2D eigenvalue weighted by Crippen LogP contribution is 2.43. The quantitative estimate of drug-likeness (QED) is 0.718. The third kappa shape index (κ3) is 1.41. The monoisotopic (exact) mass is 188 g/mol. The Balaban J connectivity index is 1.86. The van der Waals surface area contributed by atoms with Gasteiger partial charge in [-0.25, -0.2) is 0 Å². The van der Waals surface area contributed by atoms with Gasteiger partial charge < -0.3 is 5.11 Å². The van der Waals surface area contributed by atoms with Crippen LogP contribution in [0.2, 0.25) is 0 Å². The minimum atomic E-state index is 0.425. The van der Waals surface area contributed by atoms with Crippen LogP contribution in [0.1, 0.15) is 30.4 Å². The molecule has 1 aromatic carbocycles. The molecule has 0 spiro atoms. The molecular formula is C13H16O. The molecule has 3 rings (SSSR count). The van der Waals surface area contributed by atoms with Crippen LogP contribution in [-0.2, 0) is 12.8 Å². The van der Waals surface area contributed by atoms with Gasteiger partial charge in [0.15, 0.2) is 0 Å². The predicted octanol–water partition coefficient (Wildman–Crippen LogP) is 2.91. The van der Waals surface area contributed by atoms with E-state index in [1.54, 1.807) is 0 Å². The fourth-order valence-corrected chi connectivity index (χ4v) is 2.74. The second-order valence-electron chi connectivity index (χ2n) is 4.79. The van der Waals surface area contributed by atoms with E-state index in [1.165, 1.54) is 43.2 Å². The van der Waals surface area contributed by atoms with Gasteiger partial charge in [-0.05, 0) is 67.2 Å². The van der Waals surface area contributed by atoms with Gasteiger partial charge in [-0.2, -0.15) is 0 Å². The number of phenols is 1. The molecule has 0 aliphatic heterocycles. The SMILES string of the molecule is Oc1ccc2c(c1)CC[C@H](C1CC1)C2. The van der Waals surface area contributed by atoms with Crippen LogP contribution >= 0.6 is 0 Å². The lowest BCUT2D eigenvalue weighted by Crippen LogP contribution is -2.15. The summed E-state index contributed by atoms with van der Waals surface area (Å²) in [7, 11) is 0. The molecule has 74 valence electrons. The minimum absolute atomic E-state index is 0.425. The first-order chi connectivity index (χ1) is 6.83. The van der Waals surface area contributed by atoms with Gasteiger partial charge >= 0.3 is 0 Å². The largest absolute Gasteiger partial charge is 0.508 e. The van der Waals surface area contributed by atoms with E-state index in [4.69, 9.17) is 0 Å². The molecule has 14 heavy (non-hydrogen) atoms. The van der Waals surface area contributed by atoms with Gasteiger partial charge in [-0.1, -0.05) is 6.07 Å². The molecule has 0 heterocycles. The molecule has 1 nitrogen and oxygen atoms in total. The van der Waals surface area contributed by atoms with Crippen LogP contribution in [0.15, 0.2) is 18.2 Å².